The van der Waals surface area contributed by atoms with E-state index in [2.05, 4.69) is 16.0 Å². The summed E-state index contributed by atoms with van der Waals surface area (Å²) in [6, 6.07) is 4.28. The molecule has 1 rings (SSSR count). The summed E-state index contributed by atoms with van der Waals surface area (Å²) in [5.74, 6) is -4.08. The van der Waals surface area contributed by atoms with E-state index in [4.69, 9.17) is 22.3 Å². The van der Waals surface area contributed by atoms with Crippen LogP contribution >= 0.6 is 0 Å². The third-order valence-corrected chi connectivity index (χ3v) is 4.98. The Labute approximate surface area is 198 Å². The minimum Gasteiger partial charge on any atom is -0.480 e. The average molecular weight is 479 g/mol. The monoisotopic (exact) mass is 478 g/mol. The topological polar surface area (TPSA) is 220 Å². The molecule has 0 saturated heterocycles. The van der Waals surface area contributed by atoms with E-state index in [-0.39, 0.29) is 12.8 Å². The Hall–Kier alpha value is -3.51. The van der Waals surface area contributed by atoms with Gasteiger partial charge in [0, 0.05) is 6.42 Å². The molecule has 0 spiro atoms. The SMILES string of the molecule is CC(NC(=O)C(CCCCN)NC(=O)C(Cc1ccccc1)NC(=O)C(N)CC(N)=O)C(=O)O. The Morgan fingerprint density at radius 3 is 2.06 bits per heavy atom. The molecule has 34 heavy (non-hydrogen) atoms. The number of primary amides is 1. The van der Waals surface area contributed by atoms with Gasteiger partial charge in [-0.1, -0.05) is 30.3 Å². The standard InChI is InChI=1S/C22H34N6O6/c1-13(22(33)34)26-20(31)16(9-5-6-10-23)27-21(32)17(11-14-7-3-2-4-8-14)28-19(30)15(24)12-18(25)29/h2-4,7-8,13,15-17H,5-6,9-12,23-24H2,1H3,(H2,25,29)(H,26,31)(H,27,32)(H,28,30)(H,33,34). The van der Waals surface area contributed by atoms with Crippen LogP contribution in [-0.4, -0.2) is 65.4 Å². The summed E-state index contributed by atoms with van der Waals surface area (Å²) in [5.41, 5.74) is 17.0. The average Bonchev–Trinajstić information content (AvgIpc) is 2.77. The lowest BCUT2D eigenvalue weighted by molar-refractivity contribution is -0.141. The molecule has 0 heterocycles. The first-order valence-electron chi connectivity index (χ1n) is 11.0. The number of hydrogen-bond acceptors (Lipinski definition) is 7. The predicted octanol–water partition coefficient (Wildman–Crippen LogP) is -1.88. The number of hydrogen-bond donors (Lipinski definition) is 7. The van der Waals surface area contributed by atoms with Crippen LogP contribution < -0.4 is 33.2 Å². The van der Waals surface area contributed by atoms with Crippen molar-refractivity contribution in [1.82, 2.24) is 16.0 Å². The van der Waals surface area contributed by atoms with Crippen LogP contribution in [0.15, 0.2) is 30.3 Å². The van der Waals surface area contributed by atoms with Gasteiger partial charge in [0.2, 0.25) is 23.6 Å². The van der Waals surface area contributed by atoms with Crippen LogP contribution in [0.2, 0.25) is 0 Å². The molecule has 10 N–H and O–H groups in total. The Morgan fingerprint density at radius 2 is 1.50 bits per heavy atom. The fourth-order valence-electron chi connectivity index (χ4n) is 3.06. The predicted molar refractivity (Wildman–Crippen MR) is 124 cm³/mol. The summed E-state index contributed by atoms with van der Waals surface area (Å²) in [6.45, 7) is 1.69. The smallest absolute Gasteiger partial charge is 0.325 e. The highest BCUT2D eigenvalue weighted by Gasteiger charge is 2.29. The van der Waals surface area contributed by atoms with Crippen molar-refractivity contribution >= 4 is 29.6 Å². The van der Waals surface area contributed by atoms with Gasteiger partial charge in [0.25, 0.3) is 0 Å². The maximum atomic E-state index is 13.1. The maximum absolute atomic E-state index is 13.1. The molecule has 1 aromatic rings. The quantitative estimate of drug-likeness (QED) is 0.141. The Bertz CT molecular complexity index is 850. The molecular weight excluding hydrogens is 444 g/mol. The highest BCUT2D eigenvalue weighted by Crippen LogP contribution is 2.07. The number of carbonyl (C=O) groups excluding carboxylic acids is 4. The van der Waals surface area contributed by atoms with E-state index < -0.39 is 60.2 Å². The van der Waals surface area contributed by atoms with Crippen LogP contribution in [-0.2, 0) is 30.4 Å². The molecule has 188 valence electrons. The van der Waals surface area contributed by atoms with E-state index in [1.54, 1.807) is 30.3 Å². The van der Waals surface area contributed by atoms with Gasteiger partial charge in [-0.05, 0) is 38.3 Å². The van der Waals surface area contributed by atoms with E-state index in [0.29, 0.717) is 19.4 Å². The first-order valence-corrected chi connectivity index (χ1v) is 11.0. The molecule has 12 nitrogen and oxygen atoms in total. The second-order valence-corrected chi connectivity index (χ2v) is 7.94. The van der Waals surface area contributed by atoms with Crippen LogP contribution in [0.5, 0.6) is 0 Å². The second kappa shape index (κ2) is 14.6. The lowest BCUT2D eigenvalue weighted by Crippen LogP contribution is -2.57. The zero-order valence-corrected chi connectivity index (χ0v) is 19.2. The fraction of sp³-hybridized carbons (Fsp3) is 0.500. The van der Waals surface area contributed by atoms with Crippen LogP contribution in [0, 0.1) is 0 Å². The number of unbranched alkanes of at least 4 members (excludes halogenated alkanes) is 1. The molecule has 0 aliphatic carbocycles. The van der Waals surface area contributed by atoms with E-state index in [1.807, 2.05) is 0 Å². The normalized spacial score (nSPS) is 14.2. The molecule has 1 aromatic carbocycles. The van der Waals surface area contributed by atoms with Gasteiger partial charge in [-0.3, -0.25) is 24.0 Å². The van der Waals surface area contributed by atoms with Crippen molar-refractivity contribution in [1.29, 1.82) is 0 Å². The van der Waals surface area contributed by atoms with Gasteiger partial charge < -0.3 is 38.3 Å². The zero-order valence-electron chi connectivity index (χ0n) is 19.2. The van der Waals surface area contributed by atoms with Crippen molar-refractivity contribution in [2.45, 2.75) is 63.2 Å². The minimum absolute atomic E-state index is 0.0877. The molecule has 0 aliphatic rings. The largest absolute Gasteiger partial charge is 0.480 e. The number of nitrogens with two attached hydrogens (primary N) is 3. The number of carboxylic acid groups (broad SMARTS) is 1. The molecule has 0 bridgehead atoms. The molecule has 0 aliphatic heterocycles. The van der Waals surface area contributed by atoms with E-state index in [9.17, 15) is 24.0 Å². The van der Waals surface area contributed by atoms with Gasteiger partial charge in [-0.15, -0.1) is 0 Å². The van der Waals surface area contributed by atoms with E-state index >= 15 is 0 Å². The molecule has 4 amide bonds. The zero-order chi connectivity index (χ0) is 25.7. The Morgan fingerprint density at radius 1 is 0.912 bits per heavy atom. The summed E-state index contributed by atoms with van der Waals surface area (Å²) >= 11 is 0. The lowest BCUT2D eigenvalue weighted by Gasteiger charge is -2.25. The molecule has 0 saturated carbocycles. The van der Waals surface area contributed by atoms with Crippen molar-refractivity contribution in [3.8, 4) is 0 Å². The highest BCUT2D eigenvalue weighted by molar-refractivity contribution is 5.95. The lowest BCUT2D eigenvalue weighted by atomic mass is 10.0. The number of rotatable bonds is 15. The number of nitrogens with one attached hydrogen (secondary N) is 3. The first-order chi connectivity index (χ1) is 16.0. The summed E-state index contributed by atoms with van der Waals surface area (Å²) in [5, 5.41) is 16.5. The number of aliphatic carboxylic acids is 1. The van der Waals surface area contributed by atoms with Gasteiger partial charge in [-0.25, -0.2) is 0 Å². The summed E-state index contributed by atoms with van der Waals surface area (Å²) in [7, 11) is 0. The number of carboxylic acids is 1. The van der Waals surface area contributed by atoms with E-state index in [0.717, 1.165) is 5.56 Å². The summed E-state index contributed by atoms with van der Waals surface area (Å²) in [6.07, 6.45) is 1.01. The summed E-state index contributed by atoms with van der Waals surface area (Å²) in [4.78, 5) is 60.4. The van der Waals surface area contributed by atoms with Crippen LogP contribution in [0.25, 0.3) is 0 Å². The van der Waals surface area contributed by atoms with Crippen molar-refractivity contribution in [3.05, 3.63) is 35.9 Å². The maximum Gasteiger partial charge on any atom is 0.325 e. The van der Waals surface area contributed by atoms with Crippen molar-refractivity contribution in [2.75, 3.05) is 6.54 Å². The van der Waals surface area contributed by atoms with Gasteiger partial charge in [0.05, 0.1) is 12.5 Å². The molecule has 12 heteroatoms. The van der Waals surface area contributed by atoms with Crippen LogP contribution in [0.3, 0.4) is 0 Å². The number of benzene rings is 1. The van der Waals surface area contributed by atoms with Crippen molar-refractivity contribution in [2.24, 2.45) is 17.2 Å². The third kappa shape index (κ3) is 10.4. The molecule has 0 radical (unpaired) electrons. The Kier molecular flexibility index (Phi) is 12.2. The highest BCUT2D eigenvalue weighted by atomic mass is 16.4. The second-order valence-electron chi connectivity index (χ2n) is 7.94. The van der Waals surface area contributed by atoms with Crippen LogP contribution in [0.4, 0.5) is 0 Å². The number of amides is 4. The third-order valence-electron chi connectivity index (χ3n) is 4.98. The van der Waals surface area contributed by atoms with Gasteiger partial charge in [0.1, 0.15) is 18.1 Å². The van der Waals surface area contributed by atoms with E-state index in [1.165, 1.54) is 6.92 Å². The van der Waals surface area contributed by atoms with Crippen LogP contribution in [0.1, 0.15) is 38.2 Å². The fourth-order valence-corrected chi connectivity index (χ4v) is 3.06. The summed E-state index contributed by atoms with van der Waals surface area (Å²) < 4.78 is 0. The molecule has 0 aromatic heterocycles. The Balaban J connectivity index is 3.04. The van der Waals surface area contributed by atoms with Crippen molar-refractivity contribution < 1.29 is 29.1 Å². The van der Waals surface area contributed by atoms with Gasteiger partial charge in [0.15, 0.2) is 0 Å². The molecule has 4 unspecified atom stereocenters. The first kappa shape index (κ1) is 28.5. The number of carbonyl (C=O) groups is 5. The van der Waals surface area contributed by atoms with Gasteiger partial charge in [-0.2, -0.15) is 0 Å². The minimum atomic E-state index is -1.25. The molecule has 4 atom stereocenters. The van der Waals surface area contributed by atoms with Gasteiger partial charge >= 0.3 is 5.97 Å². The molecule has 0 fully saturated rings. The molecular formula is C22H34N6O6. The van der Waals surface area contributed by atoms with Crippen molar-refractivity contribution in [3.63, 3.8) is 0 Å².